The lowest BCUT2D eigenvalue weighted by Crippen LogP contribution is -2.29. The average Bonchev–Trinajstić information content (AvgIpc) is 3.31. The molecule has 0 bridgehead atoms. The van der Waals surface area contributed by atoms with Gasteiger partial charge in [0.15, 0.2) is 5.82 Å². The number of hydrogen-bond donors (Lipinski definition) is 3. The van der Waals surface area contributed by atoms with Crippen LogP contribution in [0.2, 0.25) is 0 Å². The Morgan fingerprint density at radius 2 is 2.19 bits per heavy atom. The van der Waals surface area contributed by atoms with Gasteiger partial charge >= 0.3 is 0 Å². The molecule has 0 atom stereocenters. The van der Waals surface area contributed by atoms with Crippen LogP contribution in [0.3, 0.4) is 0 Å². The summed E-state index contributed by atoms with van der Waals surface area (Å²) in [7, 11) is 0. The highest BCUT2D eigenvalue weighted by molar-refractivity contribution is 5.84. The van der Waals surface area contributed by atoms with Crippen molar-refractivity contribution in [1.29, 1.82) is 0 Å². The van der Waals surface area contributed by atoms with E-state index in [4.69, 9.17) is 0 Å². The number of para-hydroxylation sites is 1. The van der Waals surface area contributed by atoms with E-state index in [9.17, 15) is 9.90 Å². The van der Waals surface area contributed by atoms with Gasteiger partial charge in [-0.2, -0.15) is 5.10 Å². The first-order valence-corrected chi connectivity index (χ1v) is 8.42. The third kappa shape index (κ3) is 3.61. The van der Waals surface area contributed by atoms with Gasteiger partial charge in [0.1, 0.15) is 23.6 Å². The van der Waals surface area contributed by atoms with Crippen molar-refractivity contribution in [2.45, 2.75) is 13.0 Å². The molecule has 27 heavy (non-hydrogen) atoms. The number of amides is 1. The number of benzene rings is 1. The Morgan fingerprint density at radius 1 is 1.26 bits per heavy atom. The fourth-order valence-corrected chi connectivity index (χ4v) is 2.76. The molecule has 3 heterocycles. The predicted octanol–water partition coefficient (Wildman–Crippen LogP) is 1.28. The molecule has 4 aromatic rings. The Labute approximate surface area is 154 Å². The number of nitrogens with zero attached hydrogens (tertiary/aromatic N) is 5. The quantitative estimate of drug-likeness (QED) is 0.474. The first-order chi connectivity index (χ1) is 13.2. The van der Waals surface area contributed by atoms with E-state index in [2.05, 4.69) is 30.5 Å². The number of carbonyl (C=O) groups excluding carboxylic acids is 1. The minimum Gasteiger partial charge on any atom is -0.506 e. The van der Waals surface area contributed by atoms with Gasteiger partial charge in [0.25, 0.3) is 0 Å². The second-order valence-electron chi connectivity index (χ2n) is 5.96. The summed E-state index contributed by atoms with van der Waals surface area (Å²) >= 11 is 0. The summed E-state index contributed by atoms with van der Waals surface area (Å²) in [5.41, 5.74) is 2.02. The zero-order valence-corrected chi connectivity index (χ0v) is 14.3. The summed E-state index contributed by atoms with van der Waals surface area (Å²) in [5, 5.41) is 19.7. The molecule has 0 saturated carbocycles. The number of H-pyrrole nitrogens is 1. The van der Waals surface area contributed by atoms with Gasteiger partial charge in [-0.05, 0) is 24.3 Å². The topological polar surface area (TPSA) is 122 Å². The van der Waals surface area contributed by atoms with E-state index in [-0.39, 0.29) is 18.2 Å². The third-order valence-corrected chi connectivity index (χ3v) is 4.08. The van der Waals surface area contributed by atoms with Crippen LogP contribution in [0.4, 0.5) is 0 Å². The predicted molar refractivity (Wildman–Crippen MR) is 97.7 cm³/mol. The van der Waals surface area contributed by atoms with Gasteiger partial charge in [0.2, 0.25) is 5.91 Å². The fraction of sp³-hybridized carbons (Fsp3) is 0.167. The van der Waals surface area contributed by atoms with Gasteiger partial charge < -0.3 is 15.0 Å². The fourth-order valence-electron chi connectivity index (χ4n) is 2.76. The number of phenols is 1. The first-order valence-electron chi connectivity index (χ1n) is 8.42. The van der Waals surface area contributed by atoms with Crippen molar-refractivity contribution in [3.05, 3.63) is 54.9 Å². The molecule has 4 rings (SSSR count). The third-order valence-electron chi connectivity index (χ3n) is 4.08. The van der Waals surface area contributed by atoms with E-state index < -0.39 is 0 Å². The van der Waals surface area contributed by atoms with Crippen LogP contribution in [0, 0.1) is 0 Å². The van der Waals surface area contributed by atoms with Crippen LogP contribution >= 0.6 is 0 Å². The average molecular weight is 363 g/mol. The maximum absolute atomic E-state index is 12.2. The maximum Gasteiger partial charge on any atom is 0.240 e. The monoisotopic (exact) mass is 363 g/mol. The highest BCUT2D eigenvalue weighted by Gasteiger charge is 2.10. The van der Waals surface area contributed by atoms with E-state index in [1.165, 1.54) is 0 Å². The molecule has 136 valence electrons. The lowest BCUT2D eigenvalue weighted by atomic mass is 10.3. The van der Waals surface area contributed by atoms with Crippen LogP contribution in [-0.4, -0.2) is 47.3 Å². The first kappa shape index (κ1) is 16.7. The summed E-state index contributed by atoms with van der Waals surface area (Å²) in [6, 6.07) is 8.80. The maximum atomic E-state index is 12.2. The molecule has 0 saturated heterocycles. The molecule has 1 amide bonds. The number of rotatable bonds is 6. The summed E-state index contributed by atoms with van der Waals surface area (Å²) in [5.74, 6) is 1.22. The molecule has 0 spiro atoms. The van der Waals surface area contributed by atoms with Gasteiger partial charge in [0.05, 0.1) is 11.8 Å². The van der Waals surface area contributed by atoms with Crippen molar-refractivity contribution in [1.82, 2.24) is 35.0 Å². The normalized spacial score (nSPS) is 11.0. The van der Waals surface area contributed by atoms with Crippen molar-refractivity contribution in [2.24, 2.45) is 0 Å². The lowest BCUT2D eigenvalue weighted by molar-refractivity contribution is -0.121. The highest BCUT2D eigenvalue weighted by atomic mass is 16.3. The number of nitrogens with one attached hydrogen (secondary N) is 2. The minimum absolute atomic E-state index is 0.0985. The summed E-state index contributed by atoms with van der Waals surface area (Å²) in [6.45, 7) is 0.551. The molecule has 3 aromatic heterocycles. The molecular weight excluding hydrogens is 346 g/mol. The molecule has 3 N–H and O–H groups in total. The smallest absolute Gasteiger partial charge is 0.240 e. The molecule has 0 aliphatic rings. The zero-order valence-electron chi connectivity index (χ0n) is 14.3. The molecule has 0 aliphatic heterocycles. The second-order valence-corrected chi connectivity index (χ2v) is 5.96. The van der Waals surface area contributed by atoms with Gasteiger partial charge in [-0.25, -0.2) is 9.97 Å². The molecule has 0 aliphatic carbocycles. The Hall–Kier alpha value is -3.75. The van der Waals surface area contributed by atoms with Crippen molar-refractivity contribution in [3.63, 3.8) is 0 Å². The molecule has 9 nitrogen and oxygen atoms in total. The van der Waals surface area contributed by atoms with Crippen LogP contribution in [0.5, 0.6) is 5.75 Å². The lowest BCUT2D eigenvalue weighted by Gasteiger charge is -2.06. The van der Waals surface area contributed by atoms with Gasteiger partial charge in [-0.1, -0.05) is 6.07 Å². The van der Waals surface area contributed by atoms with E-state index >= 15 is 0 Å². The van der Waals surface area contributed by atoms with Crippen LogP contribution in [-0.2, 0) is 17.8 Å². The summed E-state index contributed by atoms with van der Waals surface area (Å²) in [6.07, 6.45) is 5.46. The van der Waals surface area contributed by atoms with E-state index in [1.54, 1.807) is 35.4 Å². The largest absolute Gasteiger partial charge is 0.506 e. The number of hydrogen-bond acceptors (Lipinski definition) is 6. The zero-order chi connectivity index (χ0) is 18.6. The standard InChI is InChI=1S/C18H17N7O2/c26-14-5-1-4-13-17(14)21-11-25(13)10-16(27)20-8-6-15-22-18(24-23-15)12-3-2-7-19-9-12/h1-5,7,9,11,26H,6,8,10H2,(H,20,27)(H,22,23,24). The van der Waals surface area contributed by atoms with Crippen LogP contribution in [0.25, 0.3) is 22.4 Å². The number of imidazole rings is 1. The van der Waals surface area contributed by atoms with E-state index in [0.29, 0.717) is 35.6 Å². The molecule has 1 aromatic carbocycles. The van der Waals surface area contributed by atoms with E-state index in [1.807, 2.05) is 18.2 Å². The number of aromatic amines is 1. The van der Waals surface area contributed by atoms with Crippen molar-refractivity contribution in [3.8, 4) is 17.1 Å². The Bertz CT molecular complexity index is 1070. The van der Waals surface area contributed by atoms with Gasteiger partial charge in [-0.3, -0.25) is 14.9 Å². The summed E-state index contributed by atoms with van der Waals surface area (Å²) in [4.78, 5) is 24.8. The van der Waals surface area contributed by atoms with Gasteiger partial charge in [0, 0.05) is 30.9 Å². The SMILES string of the molecule is O=C(Cn1cnc2c(O)cccc21)NCCc1nc(-c2cccnc2)n[nH]1. The summed E-state index contributed by atoms with van der Waals surface area (Å²) < 4.78 is 1.69. The Balaban J connectivity index is 1.32. The van der Waals surface area contributed by atoms with Crippen LogP contribution in [0.1, 0.15) is 5.82 Å². The van der Waals surface area contributed by atoms with Crippen molar-refractivity contribution < 1.29 is 9.90 Å². The van der Waals surface area contributed by atoms with Gasteiger partial charge in [-0.15, -0.1) is 0 Å². The number of aromatic hydroxyl groups is 1. The highest BCUT2D eigenvalue weighted by Crippen LogP contribution is 2.22. The van der Waals surface area contributed by atoms with Crippen molar-refractivity contribution >= 4 is 16.9 Å². The molecular formula is C18H17N7O2. The van der Waals surface area contributed by atoms with Crippen LogP contribution in [0.15, 0.2) is 49.1 Å². The number of pyridine rings is 1. The minimum atomic E-state index is -0.148. The van der Waals surface area contributed by atoms with Crippen molar-refractivity contribution in [2.75, 3.05) is 6.54 Å². The molecule has 0 unspecified atom stereocenters. The number of carbonyl (C=O) groups is 1. The Morgan fingerprint density at radius 3 is 3.04 bits per heavy atom. The Kier molecular flexibility index (Phi) is 4.48. The molecule has 0 radical (unpaired) electrons. The number of fused-ring (bicyclic) bond motifs is 1. The van der Waals surface area contributed by atoms with Crippen LogP contribution < -0.4 is 5.32 Å². The number of aromatic nitrogens is 6. The van der Waals surface area contributed by atoms with E-state index in [0.717, 1.165) is 5.56 Å². The number of phenolic OH excluding ortho intramolecular Hbond substituents is 1. The molecule has 0 fully saturated rings. The second kappa shape index (κ2) is 7.24. The molecule has 9 heteroatoms.